The highest BCUT2D eigenvalue weighted by Gasteiger charge is 2.27. The quantitative estimate of drug-likeness (QED) is 0.634. The molecule has 1 saturated heterocycles. The van der Waals surface area contributed by atoms with Gasteiger partial charge in [-0.1, -0.05) is 35.6 Å². The molecule has 1 aliphatic rings. The van der Waals surface area contributed by atoms with E-state index in [-0.39, 0.29) is 12.1 Å². The second kappa shape index (κ2) is 7.89. The molecule has 1 fully saturated rings. The Bertz CT molecular complexity index is 497. The molecule has 0 aliphatic carbocycles. The first kappa shape index (κ1) is 16.4. The lowest BCUT2D eigenvalue weighted by Crippen LogP contribution is -2.48. The van der Waals surface area contributed by atoms with E-state index in [0.717, 1.165) is 32.5 Å². The van der Waals surface area contributed by atoms with Gasteiger partial charge < -0.3 is 4.90 Å². The summed E-state index contributed by atoms with van der Waals surface area (Å²) in [5, 5.41) is 8.69. The predicted molar refractivity (Wildman–Crippen MR) is 86.4 cm³/mol. The lowest BCUT2D eigenvalue weighted by Gasteiger charge is -2.37. The summed E-state index contributed by atoms with van der Waals surface area (Å²) in [6.07, 6.45) is 1.98. The van der Waals surface area contributed by atoms with Gasteiger partial charge >= 0.3 is 6.03 Å². The van der Waals surface area contributed by atoms with Crippen molar-refractivity contribution in [1.82, 2.24) is 14.8 Å². The van der Waals surface area contributed by atoms with Gasteiger partial charge in [-0.05, 0) is 18.4 Å². The topological polar surface area (TPSA) is 51.5 Å². The van der Waals surface area contributed by atoms with Crippen LogP contribution in [0.4, 0.5) is 4.79 Å². The number of rotatable bonds is 4. The zero-order valence-corrected chi connectivity index (χ0v) is 13.6. The highest BCUT2D eigenvalue weighted by atomic mass is 16.2. The molecule has 0 radical (unpaired) electrons. The number of urea groups is 1. The van der Waals surface area contributed by atoms with E-state index in [0.29, 0.717) is 0 Å². The average molecular weight is 303 g/mol. The normalized spacial score (nSPS) is 16.9. The van der Waals surface area contributed by atoms with Crippen molar-refractivity contribution in [2.24, 2.45) is 10.3 Å². The van der Waals surface area contributed by atoms with Gasteiger partial charge in [0.25, 0.3) is 0 Å². The minimum absolute atomic E-state index is 0.105. The highest BCUT2D eigenvalue weighted by molar-refractivity contribution is 5.73. The second-order valence-corrected chi connectivity index (χ2v) is 5.70. The molecule has 0 N–H and O–H groups in total. The predicted octanol–water partition coefficient (Wildman–Crippen LogP) is 2.63. The molecule has 0 unspecified atom stereocenters. The van der Waals surface area contributed by atoms with Gasteiger partial charge in [0.05, 0.1) is 7.05 Å². The molecule has 120 valence electrons. The fraction of sp³-hybridized carbons (Fsp3) is 0.562. The van der Waals surface area contributed by atoms with Crippen LogP contribution in [0.2, 0.25) is 0 Å². The lowest BCUT2D eigenvalue weighted by molar-refractivity contribution is 0.113. The lowest BCUT2D eigenvalue weighted by atomic mass is 10.0. The van der Waals surface area contributed by atoms with Crippen LogP contribution in [-0.4, -0.2) is 61.1 Å². The van der Waals surface area contributed by atoms with E-state index in [4.69, 9.17) is 0 Å². The monoisotopic (exact) mass is 303 g/mol. The van der Waals surface area contributed by atoms with E-state index in [1.54, 1.807) is 19.0 Å². The molecule has 0 aromatic heterocycles. The van der Waals surface area contributed by atoms with Crippen LogP contribution in [0, 0.1) is 0 Å². The molecule has 2 amide bonds. The molecular formula is C16H25N5O. The molecule has 1 aromatic rings. The minimum atomic E-state index is -0.105. The maximum Gasteiger partial charge on any atom is 0.341 e. The van der Waals surface area contributed by atoms with Gasteiger partial charge in [-0.25, -0.2) is 4.79 Å². The van der Waals surface area contributed by atoms with Crippen LogP contribution in [0.15, 0.2) is 40.7 Å². The number of likely N-dealkylation sites (tertiary alicyclic amines) is 1. The summed E-state index contributed by atoms with van der Waals surface area (Å²) in [5.41, 5.74) is 1.34. The van der Waals surface area contributed by atoms with Crippen LogP contribution in [0.1, 0.15) is 18.4 Å². The molecule has 1 aliphatic heterocycles. The molecule has 0 bridgehead atoms. The molecule has 0 spiro atoms. The first-order chi connectivity index (χ1) is 10.6. The van der Waals surface area contributed by atoms with Crippen molar-refractivity contribution in [2.45, 2.75) is 25.4 Å². The van der Waals surface area contributed by atoms with Crippen molar-refractivity contribution < 1.29 is 4.79 Å². The Labute approximate surface area is 132 Å². The average Bonchev–Trinajstić information content (AvgIpc) is 2.55. The number of nitrogens with zero attached hydrogens (tertiary/aromatic N) is 5. The van der Waals surface area contributed by atoms with Crippen molar-refractivity contribution in [2.75, 3.05) is 34.2 Å². The summed E-state index contributed by atoms with van der Waals surface area (Å²) in [7, 11) is 5.05. The smallest absolute Gasteiger partial charge is 0.323 e. The second-order valence-electron chi connectivity index (χ2n) is 5.70. The number of amides is 2. The van der Waals surface area contributed by atoms with E-state index in [1.165, 1.54) is 10.6 Å². The summed E-state index contributed by atoms with van der Waals surface area (Å²) < 4.78 is 0. The van der Waals surface area contributed by atoms with E-state index < -0.39 is 0 Å². The van der Waals surface area contributed by atoms with Crippen LogP contribution < -0.4 is 0 Å². The fourth-order valence-corrected chi connectivity index (χ4v) is 2.86. The molecule has 1 heterocycles. The summed E-state index contributed by atoms with van der Waals surface area (Å²) in [4.78, 5) is 16.4. The summed E-state index contributed by atoms with van der Waals surface area (Å²) >= 11 is 0. The van der Waals surface area contributed by atoms with Gasteiger partial charge in [-0.2, -0.15) is 10.1 Å². The Kier molecular flexibility index (Phi) is 5.89. The van der Waals surface area contributed by atoms with Crippen LogP contribution in [-0.2, 0) is 6.54 Å². The van der Waals surface area contributed by atoms with E-state index in [9.17, 15) is 4.79 Å². The van der Waals surface area contributed by atoms with E-state index in [2.05, 4.69) is 39.5 Å². The third-order valence-electron chi connectivity index (χ3n) is 4.16. The maximum absolute atomic E-state index is 12.2. The van der Waals surface area contributed by atoms with E-state index in [1.807, 2.05) is 13.1 Å². The highest BCUT2D eigenvalue weighted by Crippen LogP contribution is 2.18. The molecule has 6 nitrogen and oxygen atoms in total. The van der Waals surface area contributed by atoms with E-state index >= 15 is 0 Å². The van der Waals surface area contributed by atoms with Crippen LogP contribution >= 0.6 is 0 Å². The van der Waals surface area contributed by atoms with Gasteiger partial charge in [-0.3, -0.25) is 4.90 Å². The Hall–Kier alpha value is -1.95. The molecular weight excluding hydrogens is 278 g/mol. The summed E-state index contributed by atoms with van der Waals surface area (Å²) in [6, 6.07) is 10.7. The standard InChI is InChI=1S/C16H25N5O/c1-17-18-20(3)16(22)19(2)15-9-11-21(12-10-15)13-14-7-5-4-6-8-14/h4-8,15H,9-13H2,1-3H3. The molecule has 0 atom stereocenters. The first-order valence-electron chi connectivity index (χ1n) is 7.68. The molecule has 0 saturated carbocycles. The third-order valence-corrected chi connectivity index (χ3v) is 4.16. The molecule has 1 aromatic carbocycles. The number of hydrogen-bond donors (Lipinski definition) is 0. The Balaban J connectivity index is 1.82. The molecule has 6 heteroatoms. The van der Waals surface area contributed by atoms with Gasteiger partial charge in [0.15, 0.2) is 0 Å². The van der Waals surface area contributed by atoms with Crippen LogP contribution in [0.5, 0.6) is 0 Å². The van der Waals surface area contributed by atoms with Gasteiger partial charge in [0, 0.05) is 39.8 Å². The van der Waals surface area contributed by atoms with Crippen LogP contribution in [0.25, 0.3) is 0 Å². The Morgan fingerprint density at radius 1 is 1.23 bits per heavy atom. The fourth-order valence-electron chi connectivity index (χ4n) is 2.86. The summed E-state index contributed by atoms with van der Waals surface area (Å²) in [6.45, 7) is 3.00. The number of piperidine rings is 1. The number of carbonyl (C=O) groups is 1. The van der Waals surface area contributed by atoms with Crippen molar-refractivity contribution in [1.29, 1.82) is 0 Å². The Morgan fingerprint density at radius 2 is 1.86 bits per heavy atom. The summed E-state index contributed by atoms with van der Waals surface area (Å²) in [5.74, 6) is 0. The number of carbonyl (C=O) groups excluding carboxylic acids is 1. The first-order valence-corrected chi connectivity index (χ1v) is 7.68. The van der Waals surface area contributed by atoms with Gasteiger partial charge in [-0.15, -0.1) is 0 Å². The van der Waals surface area contributed by atoms with Crippen molar-refractivity contribution in [3.63, 3.8) is 0 Å². The molecule has 22 heavy (non-hydrogen) atoms. The van der Waals surface area contributed by atoms with Gasteiger partial charge in [0.1, 0.15) is 0 Å². The number of benzene rings is 1. The maximum atomic E-state index is 12.2. The van der Waals surface area contributed by atoms with Crippen molar-refractivity contribution >= 4 is 6.03 Å². The third kappa shape index (κ3) is 4.27. The van der Waals surface area contributed by atoms with Crippen molar-refractivity contribution in [3.05, 3.63) is 35.9 Å². The number of hydrogen-bond acceptors (Lipinski definition) is 4. The van der Waals surface area contributed by atoms with Gasteiger partial charge in [0.2, 0.25) is 0 Å². The SMILES string of the molecule is CN=NN(C)C(=O)N(C)C1CCN(Cc2ccccc2)CC1. The largest absolute Gasteiger partial charge is 0.341 e. The zero-order chi connectivity index (χ0) is 15.9. The van der Waals surface area contributed by atoms with Crippen molar-refractivity contribution in [3.8, 4) is 0 Å². The zero-order valence-electron chi connectivity index (χ0n) is 13.6. The molecule has 2 rings (SSSR count). The van der Waals surface area contributed by atoms with Crippen LogP contribution in [0.3, 0.4) is 0 Å². The minimum Gasteiger partial charge on any atom is -0.323 e. The Morgan fingerprint density at radius 3 is 2.45 bits per heavy atom.